The third-order valence-corrected chi connectivity index (χ3v) is 3.10. The second kappa shape index (κ2) is 12.9. The molecular weight excluding hydrogens is 316 g/mol. The van der Waals surface area contributed by atoms with Crippen LogP contribution in [0.4, 0.5) is 5.69 Å². The van der Waals surface area contributed by atoms with Gasteiger partial charge in [0.15, 0.2) is 0 Å². The van der Waals surface area contributed by atoms with Gasteiger partial charge in [0, 0.05) is 5.69 Å². The first-order chi connectivity index (χ1) is 10.7. The largest absolute Gasteiger partial charge is 0.462 e. The molecule has 1 amide bonds. The van der Waals surface area contributed by atoms with Crippen LogP contribution in [0.3, 0.4) is 0 Å². The van der Waals surface area contributed by atoms with Gasteiger partial charge in [-0.1, -0.05) is 26.7 Å². The highest BCUT2D eigenvalue weighted by molar-refractivity contribution is 5.94. The molecule has 1 rings (SSSR count). The van der Waals surface area contributed by atoms with Crippen molar-refractivity contribution < 1.29 is 14.3 Å². The van der Waals surface area contributed by atoms with E-state index in [-0.39, 0.29) is 30.8 Å². The van der Waals surface area contributed by atoms with Crippen LogP contribution in [0, 0.1) is 0 Å². The van der Waals surface area contributed by atoms with Gasteiger partial charge in [-0.05, 0) is 43.7 Å². The zero-order valence-corrected chi connectivity index (χ0v) is 14.7. The van der Waals surface area contributed by atoms with E-state index in [1.807, 2.05) is 6.92 Å². The lowest BCUT2D eigenvalue weighted by atomic mass is 10.2. The average molecular weight is 343 g/mol. The van der Waals surface area contributed by atoms with Gasteiger partial charge < -0.3 is 15.4 Å². The van der Waals surface area contributed by atoms with E-state index in [1.54, 1.807) is 24.3 Å². The van der Waals surface area contributed by atoms with Crippen molar-refractivity contribution in [3.8, 4) is 0 Å². The summed E-state index contributed by atoms with van der Waals surface area (Å²) >= 11 is 0. The summed E-state index contributed by atoms with van der Waals surface area (Å²) in [6.45, 7) is 5.71. The lowest BCUT2D eigenvalue weighted by Crippen LogP contribution is -2.28. The van der Waals surface area contributed by atoms with Crippen molar-refractivity contribution in [2.75, 3.05) is 25.0 Å². The van der Waals surface area contributed by atoms with Crippen LogP contribution >= 0.6 is 12.4 Å². The molecule has 1 aromatic rings. The second-order valence-corrected chi connectivity index (χ2v) is 5.15. The number of rotatable bonds is 10. The molecule has 0 aromatic heterocycles. The lowest BCUT2D eigenvalue weighted by Gasteiger charge is -2.07. The molecule has 130 valence electrons. The number of hydrogen-bond acceptors (Lipinski definition) is 4. The van der Waals surface area contributed by atoms with Crippen molar-refractivity contribution in [2.24, 2.45) is 0 Å². The molecule has 0 aliphatic rings. The van der Waals surface area contributed by atoms with E-state index in [4.69, 9.17) is 4.74 Å². The Kier molecular flexibility index (Phi) is 12.0. The molecule has 0 saturated heterocycles. The zero-order chi connectivity index (χ0) is 16.2. The van der Waals surface area contributed by atoms with E-state index in [0.29, 0.717) is 17.9 Å². The Balaban J connectivity index is 0.00000484. The molecule has 23 heavy (non-hydrogen) atoms. The van der Waals surface area contributed by atoms with Crippen molar-refractivity contribution in [1.29, 1.82) is 0 Å². The monoisotopic (exact) mass is 342 g/mol. The van der Waals surface area contributed by atoms with Crippen molar-refractivity contribution in [2.45, 2.75) is 39.5 Å². The number of anilines is 1. The highest BCUT2D eigenvalue weighted by atomic mass is 35.5. The van der Waals surface area contributed by atoms with Crippen LogP contribution in [-0.2, 0) is 9.53 Å². The normalized spacial score (nSPS) is 9.83. The number of hydrogen-bond donors (Lipinski definition) is 2. The SMILES string of the molecule is CCCCCOC(=O)c1ccc(NC(=O)CNCCC)cc1.Cl. The molecule has 5 nitrogen and oxygen atoms in total. The molecule has 0 spiro atoms. The van der Waals surface area contributed by atoms with Crippen LogP contribution < -0.4 is 10.6 Å². The minimum absolute atomic E-state index is 0. The summed E-state index contributed by atoms with van der Waals surface area (Å²) in [6.07, 6.45) is 4.03. The van der Waals surface area contributed by atoms with Crippen molar-refractivity contribution in [1.82, 2.24) is 5.32 Å². The van der Waals surface area contributed by atoms with E-state index in [1.165, 1.54) is 0 Å². The van der Waals surface area contributed by atoms with Gasteiger partial charge in [0.1, 0.15) is 0 Å². The zero-order valence-electron chi connectivity index (χ0n) is 13.9. The maximum absolute atomic E-state index is 11.8. The molecule has 0 atom stereocenters. The number of esters is 1. The summed E-state index contributed by atoms with van der Waals surface area (Å²) in [4.78, 5) is 23.4. The van der Waals surface area contributed by atoms with Gasteiger partial charge >= 0.3 is 5.97 Å². The summed E-state index contributed by atoms with van der Waals surface area (Å²) in [5.74, 6) is -0.415. The molecule has 0 unspecified atom stereocenters. The fourth-order valence-electron chi connectivity index (χ4n) is 1.87. The Morgan fingerprint density at radius 3 is 2.35 bits per heavy atom. The third-order valence-electron chi connectivity index (χ3n) is 3.10. The highest BCUT2D eigenvalue weighted by Gasteiger charge is 2.07. The Hall–Kier alpha value is -1.59. The third kappa shape index (κ3) is 9.21. The first-order valence-electron chi connectivity index (χ1n) is 7.95. The van der Waals surface area contributed by atoms with Crippen LogP contribution in [0.25, 0.3) is 0 Å². The van der Waals surface area contributed by atoms with Gasteiger partial charge in [-0.3, -0.25) is 4.79 Å². The molecule has 0 aliphatic heterocycles. The summed E-state index contributed by atoms with van der Waals surface area (Å²) in [5, 5.41) is 5.81. The smallest absolute Gasteiger partial charge is 0.338 e. The lowest BCUT2D eigenvalue weighted by molar-refractivity contribution is -0.115. The fourth-order valence-corrected chi connectivity index (χ4v) is 1.87. The number of halogens is 1. The van der Waals surface area contributed by atoms with Crippen molar-refractivity contribution in [3.63, 3.8) is 0 Å². The van der Waals surface area contributed by atoms with Crippen molar-refractivity contribution >= 4 is 30.0 Å². The molecule has 0 radical (unpaired) electrons. The molecule has 0 fully saturated rings. The predicted molar refractivity (Wildman–Crippen MR) is 95.3 cm³/mol. The first kappa shape index (κ1) is 21.4. The molecule has 0 saturated carbocycles. The Labute approximate surface area is 144 Å². The Morgan fingerprint density at radius 2 is 1.74 bits per heavy atom. The van der Waals surface area contributed by atoms with Gasteiger partial charge in [-0.2, -0.15) is 0 Å². The van der Waals surface area contributed by atoms with E-state index in [9.17, 15) is 9.59 Å². The molecule has 0 aliphatic carbocycles. The average Bonchev–Trinajstić information content (AvgIpc) is 2.52. The van der Waals surface area contributed by atoms with Gasteiger partial charge in [0.2, 0.25) is 5.91 Å². The molecule has 0 bridgehead atoms. The summed E-state index contributed by atoms with van der Waals surface area (Å²) in [7, 11) is 0. The van der Waals surface area contributed by atoms with Gasteiger partial charge in [0.05, 0.1) is 18.7 Å². The van der Waals surface area contributed by atoms with Crippen LogP contribution in [0.15, 0.2) is 24.3 Å². The molecule has 6 heteroatoms. The van der Waals surface area contributed by atoms with Crippen LogP contribution in [-0.4, -0.2) is 31.6 Å². The summed E-state index contributed by atoms with van der Waals surface area (Å²) < 4.78 is 5.18. The molecule has 1 aromatic carbocycles. The van der Waals surface area contributed by atoms with E-state index in [2.05, 4.69) is 17.6 Å². The summed E-state index contributed by atoms with van der Waals surface area (Å²) in [6, 6.07) is 6.75. The number of carbonyl (C=O) groups is 2. The quantitative estimate of drug-likeness (QED) is 0.505. The number of carbonyl (C=O) groups excluding carboxylic acids is 2. The highest BCUT2D eigenvalue weighted by Crippen LogP contribution is 2.11. The number of ether oxygens (including phenoxy) is 1. The number of benzene rings is 1. The van der Waals surface area contributed by atoms with Gasteiger partial charge in [-0.25, -0.2) is 4.79 Å². The Morgan fingerprint density at radius 1 is 1.04 bits per heavy atom. The maximum Gasteiger partial charge on any atom is 0.338 e. The van der Waals surface area contributed by atoms with E-state index < -0.39 is 0 Å². The molecular formula is C17H27ClN2O3. The van der Waals surface area contributed by atoms with Crippen molar-refractivity contribution in [3.05, 3.63) is 29.8 Å². The topological polar surface area (TPSA) is 67.4 Å². The number of nitrogens with one attached hydrogen (secondary N) is 2. The Bertz CT molecular complexity index is 463. The standard InChI is InChI=1S/C17H26N2O3.ClH/c1-3-5-6-12-22-17(21)14-7-9-15(10-8-14)19-16(20)13-18-11-4-2;/h7-10,18H,3-6,11-13H2,1-2H3,(H,19,20);1H. The molecule has 2 N–H and O–H groups in total. The van der Waals surface area contributed by atoms with E-state index in [0.717, 1.165) is 32.2 Å². The number of amides is 1. The van der Waals surface area contributed by atoms with Gasteiger partial charge in [-0.15, -0.1) is 12.4 Å². The first-order valence-corrected chi connectivity index (χ1v) is 7.95. The van der Waals surface area contributed by atoms with Crippen LogP contribution in [0.5, 0.6) is 0 Å². The van der Waals surface area contributed by atoms with Gasteiger partial charge in [0.25, 0.3) is 0 Å². The van der Waals surface area contributed by atoms with Crippen LogP contribution in [0.2, 0.25) is 0 Å². The second-order valence-electron chi connectivity index (χ2n) is 5.15. The minimum atomic E-state index is -0.321. The van der Waals surface area contributed by atoms with Crippen LogP contribution in [0.1, 0.15) is 49.9 Å². The molecule has 0 heterocycles. The fraction of sp³-hybridized carbons (Fsp3) is 0.529. The maximum atomic E-state index is 11.8. The predicted octanol–water partition coefficient (Wildman–Crippen LogP) is 3.39. The van der Waals surface area contributed by atoms with E-state index >= 15 is 0 Å². The minimum Gasteiger partial charge on any atom is -0.462 e. The number of unbranched alkanes of at least 4 members (excludes halogenated alkanes) is 2. The summed E-state index contributed by atoms with van der Waals surface area (Å²) in [5.41, 5.74) is 1.17.